The Hall–Kier alpha value is -2.64. The topological polar surface area (TPSA) is 81.1 Å². The van der Waals surface area contributed by atoms with Gasteiger partial charge in [-0.3, -0.25) is 4.79 Å². The van der Waals surface area contributed by atoms with Crippen LogP contribution in [0.3, 0.4) is 0 Å². The van der Waals surface area contributed by atoms with Crippen molar-refractivity contribution in [3.05, 3.63) is 71.5 Å². The summed E-state index contributed by atoms with van der Waals surface area (Å²) in [6.07, 6.45) is 6.82. The molecule has 1 fully saturated rings. The molecule has 0 radical (unpaired) electrons. The Labute approximate surface area is 174 Å². The van der Waals surface area contributed by atoms with Gasteiger partial charge in [0, 0.05) is 11.3 Å². The van der Waals surface area contributed by atoms with Gasteiger partial charge in [0.2, 0.25) is 5.91 Å². The van der Waals surface area contributed by atoms with E-state index in [1.54, 1.807) is 36.5 Å². The van der Waals surface area contributed by atoms with Crippen molar-refractivity contribution in [3.63, 3.8) is 0 Å². The Morgan fingerprint density at radius 2 is 1.83 bits per heavy atom. The summed E-state index contributed by atoms with van der Waals surface area (Å²) in [6.45, 7) is 0. The number of rotatable bonds is 5. The SMILES string of the molecule is CS(=O)(=O)c1ccccc1-n1cc(NC(=O)C2(c3ccc(Cl)cc3)CCC2)cn1. The zero-order chi connectivity index (χ0) is 20.6. The van der Waals surface area contributed by atoms with Gasteiger partial charge in [0.25, 0.3) is 0 Å². The third-order valence-corrected chi connectivity index (χ3v) is 6.79. The lowest BCUT2D eigenvalue weighted by Crippen LogP contribution is -2.45. The number of carbonyl (C=O) groups excluding carboxylic acids is 1. The fourth-order valence-corrected chi connectivity index (χ4v) is 4.67. The number of sulfone groups is 1. The van der Waals surface area contributed by atoms with Gasteiger partial charge < -0.3 is 5.32 Å². The largest absolute Gasteiger partial charge is 0.323 e. The molecule has 0 aliphatic heterocycles. The molecule has 0 bridgehead atoms. The molecule has 1 aliphatic carbocycles. The normalized spacial score (nSPS) is 15.5. The number of anilines is 1. The number of hydrogen-bond acceptors (Lipinski definition) is 4. The molecule has 1 aromatic heterocycles. The fourth-order valence-electron chi connectivity index (χ4n) is 3.68. The molecule has 29 heavy (non-hydrogen) atoms. The maximum Gasteiger partial charge on any atom is 0.235 e. The average molecular weight is 430 g/mol. The minimum Gasteiger partial charge on any atom is -0.323 e. The number of nitrogens with one attached hydrogen (secondary N) is 1. The maximum atomic E-state index is 13.1. The Morgan fingerprint density at radius 1 is 1.14 bits per heavy atom. The number of benzene rings is 2. The highest BCUT2D eigenvalue weighted by atomic mass is 35.5. The molecule has 1 amide bonds. The van der Waals surface area contributed by atoms with Gasteiger partial charge in [-0.2, -0.15) is 5.10 Å². The predicted octanol–water partition coefficient (Wildman–Crippen LogP) is 3.99. The number of nitrogens with zero attached hydrogens (tertiary/aromatic N) is 2. The summed E-state index contributed by atoms with van der Waals surface area (Å²) >= 11 is 5.98. The third kappa shape index (κ3) is 3.68. The van der Waals surface area contributed by atoms with Crippen LogP contribution in [0, 0.1) is 0 Å². The van der Waals surface area contributed by atoms with Gasteiger partial charge in [-0.1, -0.05) is 42.3 Å². The van der Waals surface area contributed by atoms with Gasteiger partial charge in [0.05, 0.1) is 34.1 Å². The molecule has 1 saturated carbocycles. The van der Waals surface area contributed by atoms with Crippen molar-refractivity contribution in [2.24, 2.45) is 0 Å². The molecular weight excluding hydrogens is 410 g/mol. The first-order valence-electron chi connectivity index (χ1n) is 9.21. The quantitative estimate of drug-likeness (QED) is 0.664. The third-order valence-electron chi connectivity index (χ3n) is 5.39. The Balaban J connectivity index is 1.60. The standard InChI is InChI=1S/C21H20ClN3O3S/c1-29(27,28)19-6-3-2-5-18(19)25-14-17(13-23-25)24-20(26)21(11-4-12-21)15-7-9-16(22)10-8-15/h2-3,5-10,13-14H,4,11-12H2,1H3,(H,24,26). The zero-order valence-corrected chi connectivity index (χ0v) is 17.4. The molecule has 8 heteroatoms. The molecule has 3 aromatic rings. The number of carbonyl (C=O) groups is 1. The van der Waals surface area contributed by atoms with E-state index < -0.39 is 15.3 Å². The van der Waals surface area contributed by atoms with E-state index in [0.29, 0.717) is 16.4 Å². The summed E-state index contributed by atoms with van der Waals surface area (Å²) in [6, 6.07) is 14.0. The summed E-state index contributed by atoms with van der Waals surface area (Å²) in [4.78, 5) is 13.3. The summed E-state index contributed by atoms with van der Waals surface area (Å²) in [5, 5.41) is 7.82. The highest BCUT2D eigenvalue weighted by Gasteiger charge is 2.45. The lowest BCUT2D eigenvalue weighted by Gasteiger charge is -2.40. The predicted molar refractivity (Wildman–Crippen MR) is 112 cm³/mol. The van der Waals surface area contributed by atoms with Crippen molar-refractivity contribution in [2.75, 3.05) is 11.6 Å². The first-order chi connectivity index (χ1) is 13.8. The second kappa shape index (κ2) is 7.31. The number of aromatic nitrogens is 2. The van der Waals surface area contributed by atoms with Crippen LogP contribution in [0.25, 0.3) is 5.69 Å². The van der Waals surface area contributed by atoms with E-state index in [2.05, 4.69) is 10.4 Å². The van der Waals surface area contributed by atoms with Crippen LogP contribution in [-0.4, -0.2) is 30.4 Å². The van der Waals surface area contributed by atoms with E-state index in [-0.39, 0.29) is 10.8 Å². The average Bonchev–Trinajstić information content (AvgIpc) is 3.10. The zero-order valence-electron chi connectivity index (χ0n) is 15.8. The van der Waals surface area contributed by atoms with E-state index in [1.165, 1.54) is 16.9 Å². The van der Waals surface area contributed by atoms with Crippen LogP contribution in [0.1, 0.15) is 24.8 Å². The summed E-state index contributed by atoms with van der Waals surface area (Å²) in [5.41, 5.74) is 1.32. The monoisotopic (exact) mass is 429 g/mol. The van der Waals surface area contributed by atoms with Crippen LogP contribution in [0.5, 0.6) is 0 Å². The van der Waals surface area contributed by atoms with Gasteiger partial charge >= 0.3 is 0 Å². The van der Waals surface area contributed by atoms with Gasteiger partial charge in [0.15, 0.2) is 9.84 Å². The van der Waals surface area contributed by atoms with Crippen molar-refractivity contribution in [3.8, 4) is 5.69 Å². The van der Waals surface area contributed by atoms with Crippen molar-refractivity contribution in [1.82, 2.24) is 9.78 Å². The molecular formula is C21H20ClN3O3S. The fraction of sp³-hybridized carbons (Fsp3) is 0.238. The van der Waals surface area contributed by atoms with Crippen molar-refractivity contribution < 1.29 is 13.2 Å². The number of para-hydroxylation sites is 1. The molecule has 6 nitrogen and oxygen atoms in total. The van der Waals surface area contributed by atoms with Crippen LogP contribution in [0.15, 0.2) is 65.8 Å². The molecule has 0 atom stereocenters. The Morgan fingerprint density at radius 3 is 2.45 bits per heavy atom. The van der Waals surface area contributed by atoms with E-state index in [4.69, 9.17) is 11.6 Å². The van der Waals surface area contributed by atoms with E-state index in [9.17, 15) is 13.2 Å². The van der Waals surface area contributed by atoms with E-state index in [1.807, 2.05) is 12.1 Å². The maximum absolute atomic E-state index is 13.1. The molecule has 0 unspecified atom stereocenters. The summed E-state index contributed by atoms with van der Waals surface area (Å²) in [5.74, 6) is -0.0954. The lowest BCUT2D eigenvalue weighted by molar-refractivity contribution is -0.124. The van der Waals surface area contributed by atoms with E-state index in [0.717, 1.165) is 31.1 Å². The molecule has 1 heterocycles. The Bertz CT molecular complexity index is 1170. The summed E-state index contributed by atoms with van der Waals surface area (Å²) < 4.78 is 25.6. The number of amides is 1. The Kier molecular flexibility index (Phi) is 4.96. The minimum absolute atomic E-state index is 0.0954. The molecule has 1 N–H and O–H groups in total. The van der Waals surface area contributed by atoms with Crippen LogP contribution in [-0.2, 0) is 20.0 Å². The van der Waals surface area contributed by atoms with Gasteiger partial charge in [0.1, 0.15) is 0 Å². The second-order valence-corrected chi connectivity index (χ2v) is 9.73. The van der Waals surface area contributed by atoms with Gasteiger partial charge in [-0.15, -0.1) is 0 Å². The van der Waals surface area contributed by atoms with E-state index >= 15 is 0 Å². The van der Waals surface area contributed by atoms with Crippen LogP contribution in [0.4, 0.5) is 5.69 Å². The minimum atomic E-state index is -3.41. The number of hydrogen-bond donors (Lipinski definition) is 1. The van der Waals surface area contributed by atoms with Crippen molar-refractivity contribution in [1.29, 1.82) is 0 Å². The van der Waals surface area contributed by atoms with Crippen molar-refractivity contribution >= 4 is 33.0 Å². The molecule has 2 aromatic carbocycles. The molecule has 4 rings (SSSR count). The van der Waals surface area contributed by atoms with Gasteiger partial charge in [-0.25, -0.2) is 13.1 Å². The lowest BCUT2D eigenvalue weighted by atomic mass is 9.64. The highest BCUT2D eigenvalue weighted by Crippen LogP contribution is 2.44. The molecule has 150 valence electrons. The van der Waals surface area contributed by atoms with Crippen LogP contribution in [0.2, 0.25) is 5.02 Å². The molecule has 0 saturated heterocycles. The number of halogens is 1. The van der Waals surface area contributed by atoms with Gasteiger partial charge in [-0.05, 0) is 42.7 Å². The second-order valence-electron chi connectivity index (χ2n) is 7.31. The summed E-state index contributed by atoms with van der Waals surface area (Å²) in [7, 11) is -3.41. The van der Waals surface area contributed by atoms with Crippen LogP contribution >= 0.6 is 11.6 Å². The highest BCUT2D eigenvalue weighted by molar-refractivity contribution is 7.90. The first kappa shape index (κ1) is 19.7. The first-order valence-corrected chi connectivity index (χ1v) is 11.5. The smallest absolute Gasteiger partial charge is 0.235 e. The molecule has 1 aliphatic rings. The molecule has 0 spiro atoms. The van der Waals surface area contributed by atoms with Crippen molar-refractivity contribution in [2.45, 2.75) is 29.6 Å². The van der Waals surface area contributed by atoms with Crippen LogP contribution < -0.4 is 5.32 Å².